The third-order valence-corrected chi connectivity index (χ3v) is 3.70. The molecule has 0 saturated heterocycles. The van der Waals surface area contributed by atoms with Crippen molar-refractivity contribution in [3.05, 3.63) is 0 Å². The number of amides is 2. The molecule has 2 amide bonds. The molecule has 0 radical (unpaired) electrons. The molecule has 0 aromatic rings. The minimum absolute atomic E-state index is 0.00664. The summed E-state index contributed by atoms with van der Waals surface area (Å²) in [5.41, 5.74) is 0.127. The first-order valence-corrected chi connectivity index (χ1v) is 6.70. The molecule has 0 aliphatic heterocycles. The van der Waals surface area contributed by atoms with Crippen LogP contribution in [-0.2, 0) is 14.3 Å². The summed E-state index contributed by atoms with van der Waals surface area (Å²) in [6.45, 7) is 2.62. The summed E-state index contributed by atoms with van der Waals surface area (Å²) >= 11 is 0. The second-order valence-electron chi connectivity index (χ2n) is 5.50. The Labute approximate surface area is 118 Å². The summed E-state index contributed by atoms with van der Waals surface area (Å²) in [6, 6.07) is -1.61. The number of carbonyl (C=O) groups excluding carboxylic acids is 2. The second-order valence-corrected chi connectivity index (χ2v) is 5.50. The molecule has 114 valence electrons. The molecule has 0 unspecified atom stereocenters. The first-order chi connectivity index (χ1) is 9.36. The van der Waals surface area contributed by atoms with E-state index in [1.54, 1.807) is 0 Å². The van der Waals surface area contributed by atoms with E-state index in [2.05, 4.69) is 22.3 Å². The zero-order valence-corrected chi connectivity index (χ0v) is 11.9. The number of aliphatic carboxylic acids is 1. The van der Waals surface area contributed by atoms with Gasteiger partial charge in [0.05, 0.1) is 7.11 Å². The smallest absolute Gasteiger partial charge is 0.326 e. The number of ether oxygens (including phenoxy) is 1. The van der Waals surface area contributed by atoms with Crippen LogP contribution >= 0.6 is 0 Å². The largest absolute Gasteiger partial charge is 0.480 e. The molecule has 7 heteroatoms. The van der Waals surface area contributed by atoms with Gasteiger partial charge in [0.2, 0.25) is 0 Å². The van der Waals surface area contributed by atoms with Crippen LogP contribution in [0.1, 0.15) is 39.0 Å². The van der Waals surface area contributed by atoms with Gasteiger partial charge in [0, 0.05) is 13.0 Å². The van der Waals surface area contributed by atoms with E-state index in [1.165, 1.54) is 7.11 Å². The van der Waals surface area contributed by atoms with Gasteiger partial charge in [0.15, 0.2) is 0 Å². The second kappa shape index (κ2) is 7.12. The highest BCUT2D eigenvalue weighted by atomic mass is 16.5. The lowest BCUT2D eigenvalue weighted by Crippen LogP contribution is -2.49. The third-order valence-electron chi connectivity index (χ3n) is 3.70. The van der Waals surface area contributed by atoms with Gasteiger partial charge in [-0.15, -0.1) is 0 Å². The predicted molar refractivity (Wildman–Crippen MR) is 71.2 cm³/mol. The van der Waals surface area contributed by atoms with Crippen LogP contribution in [0.4, 0.5) is 4.79 Å². The van der Waals surface area contributed by atoms with Crippen molar-refractivity contribution in [2.45, 2.75) is 45.1 Å². The Morgan fingerprint density at radius 1 is 1.35 bits per heavy atom. The standard InChI is InChI=1S/C13H22N2O5/c1-13(6-3-7-13)8-14-12(19)15-9(11(17)18)4-5-10(16)20-2/h9H,3-8H2,1-2H3,(H,17,18)(H2,14,15,19)/t9-/m1/s1. The molecule has 0 aromatic heterocycles. The minimum Gasteiger partial charge on any atom is -0.480 e. The molecule has 0 heterocycles. The van der Waals surface area contributed by atoms with Crippen molar-refractivity contribution in [2.75, 3.05) is 13.7 Å². The number of hydrogen-bond donors (Lipinski definition) is 3. The molecular weight excluding hydrogens is 264 g/mol. The topological polar surface area (TPSA) is 105 Å². The highest BCUT2D eigenvalue weighted by molar-refractivity contribution is 5.83. The average molecular weight is 286 g/mol. The fourth-order valence-electron chi connectivity index (χ4n) is 2.08. The summed E-state index contributed by atoms with van der Waals surface area (Å²) in [5.74, 6) is -1.67. The lowest BCUT2D eigenvalue weighted by molar-refractivity contribution is -0.142. The Morgan fingerprint density at radius 2 is 2.00 bits per heavy atom. The Bertz CT molecular complexity index is 379. The van der Waals surface area contributed by atoms with Gasteiger partial charge in [-0.3, -0.25) is 4.79 Å². The number of rotatable bonds is 7. The summed E-state index contributed by atoms with van der Waals surface area (Å²) in [6.07, 6.45) is 3.25. The average Bonchev–Trinajstić information content (AvgIpc) is 2.38. The van der Waals surface area contributed by atoms with Gasteiger partial charge < -0.3 is 20.5 Å². The van der Waals surface area contributed by atoms with Crippen molar-refractivity contribution in [3.63, 3.8) is 0 Å². The van der Waals surface area contributed by atoms with Gasteiger partial charge in [-0.1, -0.05) is 13.3 Å². The summed E-state index contributed by atoms with van der Waals surface area (Å²) < 4.78 is 4.44. The maximum atomic E-state index is 11.7. The van der Waals surface area contributed by atoms with E-state index in [0.29, 0.717) is 6.54 Å². The first-order valence-electron chi connectivity index (χ1n) is 6.70. The van der Waals surface area contributed by atoms with Gasteiger partial charge in [-0.2, -0.15) is 0 Å². The van der Waals surface area contributed by atoms with E-state index in [-0.39, 0.29) is 18.3 Å². The van der Waals surface area contributed by atoms with Crippen LogP contribution in [0.15, 0.2) is 0 Å². The number of carbonyl (C=O) groups is 3. The summed E-state index contributed by atoms with van der Waals surface area (Å²) in [7, 11) is 1.23. The first kappa shape index (κ1) is 16.3. The van der Waals surface area contributed by atoms with Crippen LogP contribution in [0.5, 0.6) is 0 Å². The molecule has 0 spiro atoms. The molecular formula is C13H22N2O5. The Balaban J connectivity index is 2.34. The monoisotopic (exact) mass is 286 g/mol. The molecule has 1 saturated carbocycles. The lowest BCUT2D eigenvalue weighted by Gasteiger charge is -2.38. The normalized spacial score (nSPS) is 17.5. The van der Waals surface area contributed by atoms with Crippen molar-refractivity contribution in [1.29, 1.82) is 0 Å². The third kappa shape index (κ3) is 5.07. The quantitative estimate of drug-likeness (QED) is 0.603. The Kier molecular flexibility index (Phi) is 5.79. The van der Waals surface area contributed by atoms with E-state index in [0.717, 1.165) is 19.3 Å². The van der Waals surface area contributed by atoms with E-state index in [4.69, 9.17) is 5.11 Å². The van der Waals surface area contributed by atoms with Crippen molar-refractivity contribution in [1.82, 2.24) is 10.6 Å². The molecule has 1 atom stereocenters. The van der Waals surface area contributed by atoms with Crippen molar-refractivity contribution in [2.24, 2.45) is 5.41 Å². The van der Waals surface area contributed by atoms with E-state index < -0.39 is 24.0 Å². The number of esters is 1. The molecule has 1 rings (SSSR count). The van der Waals surface area contributed by atoms with E-state index in [1.807, 2.05) is 0 Å². The van der Waals surface area contributed by atoms with Crippen molar-refractivity contribution < 1.29 is 24.2 Å². The fourth-order valence-corrected chi connectivity index (χ4v) is 2.08. The zero-order chi connectivity index (χ0) is 15.2. The predicted octanol–water partition coefficient (Wildman–Crippen LogP) is 0.882. The number of carboxylic acid groups (broad SMARTS) is 1. The molecule has 0 aromatic carbocycles. The highest BCUT2D eigenvalue weighted by Gasteiger charge is 2.32. The van der Waals surface area contributed by atoms with Crippen molar-refractivity contribution >= 4 is 18.0 Å². The number of urea groups is 1. The molecule has 3 N–H and O–H groups in total. The van der Waals surface area contributed by atoms with E-state index >= 15 is 0 Å². The van der Waals surface area contributed by atoms with Gasteiger partial charge in [0.1, 0.15) is 6.04 Å². The van der Waals surface area contributed by atoms with Crippen LogP contribution in [0.2, 0.25) is 0 Å². The number of carboxylic acids is 1. The maximum absolute atomic E-state index is 11.7. The zero-order valence-electron chi connectivity index (χ0n) is 11.9. The molecule has 1 aliphatic rings. The Morgan fingerprint density at radius 3 is 2.45 bits per heavy atom. The van der Waals surface area contributed by atoms with Gasteiger partial charge >= 0.3 is 18.0 Å². The van der Waals surface area contributed by atoms with Gasteiger partial charge in [-0.05, 0) is 24.7 Å². The van der Waals surface area contributed by atoms with Crippen LogP contribution in [0, 0.1) is 5.41 Å². The fraction of sp³-hybridized carbons (Fsp3) is 0.769. The maximum Gasteiger partial charge on any atom is 0.326 e. The minimum atomic E-state index is -1.17. The van der Waals surface area contributed by atoms with Crippen LogP contribution < -0.4 is 10.6 Å². The molecule has 0 bridgehead atoms. The summed E-state index contributed by atoms with van der Waals surface area (Å²) in [4.78, 5) is 33.7. The number of methoxy groups -OCH3 is 1. The van der Waals surface area contributed by atoms with Crippen molar-refractivity contribution in [3.8, 4) is 0 Å². The van der Waals surface area contributed by atoms with Gasteiger partial charge in [-0.25, -0.2) is 9.59 Å². The number of hydrogen-bond acceptors (Lipinski definition) is 4. The van der Waals surface area contributed by atoms with Crippen LogP contribution in [-0.4, -0.2) is 42.8 Å². The molecule has 1 aliphatic carbocycles. The molecule has 20 heavy (non-hydrogen) atoms. The van der Waals surface area contributed by atoms with Crippen LogP contribution in [0.25, 0.3) is 0 Å². The molecule has 7 nitrogen and oxygen atoms in total. The SMILES string of the molecule is COC(=O)CC[C@@H](NC(=O)NCC1(C)CCC1)C(=O)O. The Hall–Kier alpha value is -1.79. The van der Waals surface area contributed by atoms with Crippen LogP contribution in [0.3, 0.4) is 0 Å². The summed E-state index contributed by atoms with van der Waals surface area (Å²) in [5, 5.41) is 14.0. The highest BCUT2D eigenvalue weighted by Crippen LogP contribution is 2.39. The number of nitrogens with one attached hydrogen (secondary N) is 2. The van der Waals surface area contributed by atoms with Gasteiger partial charge in [0.25, 0.3) is 0 Å². The van der Waals surface area contributed by atoms with E-state index in [9.17, 15) is 14.4 Å². The molecule has 1 fully saturated rings. The lowest BCUT2D eigenvalue weighted by atomic mass is 9.70.